The molecule has 2 heterocycles. The van der Waals surface area contributed by atoms with Crippen molar-refractivity contribution in [3.63, 3.8) is 0 Å². The number of nitro groups is 1. The molecule has 0 saturated carbocycles. The normalized spacial score (nSPS) is 15.4. The van der Waals surface area contributed by atoms with Crippen LogP contribution in [0.25, 0.3) is 10.9 Å². The number of nitrogens with zero attached hydrogens (tertiary/aromatic N) is 3. The monoisotopic (exact) mass is 457 g/mol. The predicted molar refractivity (Wildman–Crippen MR) is 122 cm³/mol. The second-order valence-electron chi connectivity index (χ2n) is 7.26. The largest absolute Gasteiger partial charge is 0.379 e. The maximum Gasteiger partial charge on any atom is 0.295 e. The smallest absolute Gasteiger partial charge is 0.295 e. The average molecular weight is 458 g/mol. The number of hydrazone groups is 1. The summed E-state index contributed by atoms with van der Waals surface area (Å²) in [5.74, 6) is 0. The van der Waals surface area contributed by atoms with Gasteiger partial charge in [-0.3, -0.25) is 15.5 Å². The van der Waals surface area contributed by atoms with Crippen LogP contribution in [0.15, 0.2) is 52.6 Å². The number of aromatic amines is 1. The van der Waals surface area contributed by atoms with Crippen LogP contribution in [0.5, 0.6) is 0 Å². The number of nitro benzene ring substituents is 1. The molecule has 0 unspecified atom stereocenters. The third-order valence-corrected chi connectivity index (χ3v) is 7.27. The van der Waals surface area contributed by atoms with Crippen molar-refractivity contribution < 1.29 is 18.1 Å². The lowest BCUT2D eigenvalue weighted by molar-refractivity contribution is -0.384. The number of sulfonamides is 1. The van der Waals surface area contributed by atoms with Gasteiger partial charge in [-0.1, -0.05) is 25.1 Å². The molecule has 3 aromatic rings. The van der Waals surface area contributed by atoms with Crippen molar-refractivity contribution >= 4 is 38.5 Å². The maximum absolute atomic E-state index is 12.8. The highest BCUT2D eigenvalue weighted by Gasteiger charge is 2.28. The van der Waals surface area contributed by atoms with Crippen LogP contribution in [0.1, 0.15) is 18.1 Å². The van der Waals surface area contributed by atoms with Gasteiger partial charge in [0.2, 0.25) is 10.0 Å². The van der Waals surface area contributed by atoms with Crippen molar-refractivity contribution in [3.8, 4) is 0 Å². The minimum absolute atomic E-state index is 0.0984. The molecule has 1 aliphatic rings. The van der Waals surface area contributed by atoms with Crippen molar-refractivity contribution in [2.45, 2.75) is 18.2 Å². The molecule has 1 aromatic heterocycles. The van der Waals surface area contributed by atoms with Gasteiger partial charge in [-0.15, -0.1) is 0 Å². The summed E-state index contributed by atoms with van der Waals surface area (Å²) >= 11 is 0. The molecule has 0 atom stereocenters. The number of benzene rings is 2. The van der Waals surface area contributed by atoms with Gasteiger partial charge in [-0.25, -0.2) is 8.42 Å². The molecular weight excluding hydrogens is 434 g/mol. The quantitative estimate of drug-likeness (QED) is 0.319. The number of aryl methyl sites for hydroxylation is 1. The number of nitrogens with one attached hydrogen (secondary N) is 2. The number of para-hydroxylation sites is 1. The Kier molecular flexibility index (Phi) is 6.21. The van der Waals surface area contributed by atoms with E-state index in [1.165, 1.54) is 22.0 Å². The molecule has 11 heteroatoms. The summed E-state index contributed by atoms with van der Waals surface area (Å²) in [5, 5.41) is 16.7. The molecule has 10 nitrogen and oxygen atoms in total. The first-order valence-electron chi connectivity index (χ1n) is 10.2. The summed E-state index contributed by atoms with van der Waals surface area (Å²) in [7, 11) is -3.84. The lowest BCUT2D eigenvalue weighted by atomic mass is 10.1. The van der Waals surface area contributed by atoms with Crippen molar-refractivity contribution in [1.29, 1.82) is 0 Å². The number of H-pyrrole nitrogens is 1. The fourth-order valence-corrected chi connectivity index (χ4v) is 5.09. The van der Waals surface area contributed by atoms with Gasteiger partial charge in [-0.05, 0) is 24.1 Å². The Morgan fingerprint density at radius 2 is 2.06 bits per heavy atom. The van der Waals surface area contributed by atoms with E-state index in [9.17, 15) is 18.5 Å². The van der Waals surface area contributed by atoms with Crippen LogP contribution in [0, 0.1) is 10.1 Å². The van der Waals surface area contributed by atoms with Crippen LogP contribution < -0.4 is 5.43 Å². The Bertz CT molecular complexity index is 1280. The molecule has 0 radical (unpaired) electrons. The molecule has 1 saturated heterocycles. The second-order valence-corrected chi connectivity index (χ2v) is 9.20. The van der Waals surface area contributed by atoms with E-state index in [4.69, 9.17) is 4.74 Å². The minimum Gasteiger partial charge on any atom is -0.379 e. The third kappa shape index (κ3) is 4.22. The SMILES string of the molecule is CCc1cccc2c(/C=N/Nc3ccc(S(=O)(=O)N4CCOCC4)cc3[N+](=O)[O-])c[nH]c12. The zero-order chi connectivity index (χ0) is 22.7. The fourth-order valence-electron chi connectivity index (χ4n) is 3.67. The van der Waals surface area contributed by atoms with Crippen LogP contribution >= 0.6 is 0 Å². The average Bonchev–Trinajstić information content (AvgIpc) is 3.23. The van der Waals surface area contributed by atoms with Crippen LogP contribution in [-0.4, -0.2) is 55.1 Å². The number of aromatic nitrogens is 1. The van der Waals surface area contributed by atoms with E-state index in [1.54, 1.807) is 6.21 Å². The lowest BCUT2D eigenvalue weighted by Crippen LogP contribution is -2.40. The van der Waals surface area contributed by atoms with E-state index in [1.807, 2.05) is 24.4 Å². The van der Waals surface area contributed by atoms with Gasteiger partial charge in [0.15, 0.2) is 0 Å². The summed E-state index contributed by atoms with van der Waals surface area (Å²) in [4.78, 5) is 14.1. The van der Waals surface area contributed by atoms with Crippen molar-refractivity contribution in [2.24, 2.45) is 5.10 Å². The van der Waals surface area contributed by atoms with Crippen LogP contribution in [0.4, 0.5) is 11.4 Å². The minimum atomic E-state index is -3.84. The molecule has 4 rings (SSSR count). The van der Waals surface area contributed by atoms with Gasteiger partial charge in [0, 0.05) is 41.8 Å². The van der Waals surface area contributed by atoms with Crippen molar-refractivity contribution in [1.82, 2.24) is 9.29 Å². The van der Waals surface area contributed by atoms with Gasteiger partial charge >= 0.3 is 0 Å². The standard InChI is InChI=1S/C21H23N5O5S/c1-2-15-4-3-5-18-16(13-22-21(15)18)14-23-24-19-7-6-17(12-20(19)26(27)28)32(29,30)25-8-10-31-11-9-25/h3-7,12-14,22,24H,2,8-11H2,1H3/b23-14+. The summed E-state index contributed by atoms with van der Waals surface area (Å²) in [6.45, 7) is 3.09. The van der Waals surface area contributed by atoms with E-state index in [2.05, 4.69) is 22.4 Å². The topological polar surface area (TPSA) is 130 Å². The highest BCUT2D eigenvalue weighted by molar-refractivity contribution is 7.89. The summed E-state index contributed by atoms with van der Waals surface area (Å²) in [5.41, 5.74) is 5.44. The van der Waals surface area contributed by atoms with E-state index in [-0.39, 0.29) is 29.4 Å². The van der Waals surface area contributed by atoms with Gasteiger partial charge in [-0.2, -0.15) is 9.41 Å². The highest BCUT2D eigenvalue weighted by Crippen LogP contribution is 2.29. The molecule has 32 heavy (non-hydrogen) atoms. The summed E-state index contributed by atoms with van der Waals surface area (Å²) < 4.78 is 32.1. The number of morpholine rings is 1. The Balaban J connectivity index is 1.58. The molecular formula is C21H23N5O5S. The molecule has 0 spiro atoms. The molecule has 168 valence electrons. The molecule has 0 amide bonds. The van der Waals surface area contributed by atoms with Crippen LogP contribution in [0.2, 0.25) is 0 Å². The van der Waals surface area contributed by atoms with E-state index >= 15 is 0 Å². The first-order chi connectivity index (χ1) is 15.4. The van der Waals surface area contributed by atoms with Gasteiger partial charge in [0.05, 0.1) is 29.2 Å². The number of rotatable bonds is 7. The molecule has 1 aliphatic heterocycles. The Morgan fingerprint density at radius 3 is 2.78 bits per heavy atom. The zero-order valence-electron chi connectivity index (χ0n) is 17.4. The lowest BCUT2D eigenvalue weighted by Gasteiger charge is -2.26. The zero-order valence-corrected chi connectivity index (χ0v) is 18.3. The van der Waals surface area contributed by atoms with E-state index in [0.717, 1.165) is 29.0 Å². The van der Waals surface area contributed by atoms with E-state index in [0.29, 0.717) is 13.2 Å². The number of ether oxygens (including phenoxy) is 1. The summed E-state index contributed by atoms with van der Waals surface area (Å²) in [6, 6.07) is 9.75. The first-order valence-corrected chi connectivity index (χ1v) is 11.6. The fraction of sp³-hybridized carbons (Fsp3) is 0.286. The Hall–Kier alpha value is -3.28. The molecule has 2 aromatic carbocycles. The number of hydrogen-bond acceptors (Lipinski definition) is 7. The second kappa shape index (κ2) is 9.07. The van der Waals surface area contributed by atoms with Gasteiger partial charge in [0.1, 0.15) is 5.69 Å². The third-order valence-electron chi connectivity index (χ3n) is 5.38. The predicted octanol–water partition coefficient (Wildman–Crippen LogP) is 3.11. The number of hydrogen-bond donors (Lipinski definition) is 2. The van der Waals surface area contributed by atoms with Crippen molar-refractivity contribution in [2.75, 3.05) is 31.7 Å². The Morgan fingerprint density at radius 1 is 1.28 bits per heavy atom. The molecule has 0 aliphatic carbocycles. The Labute approximate surface area is 185 Å². The number of fused-ring (bicyclic) bond motifs is 1. The van der Waals surface area contributed by atoms with Crippen LogP contribution in [0.3, 0.4) is 0 Å². The van der Waals surface area contributed by atoms with Gasteiger partial charge < -0.3 is 9.72 Å². The number of anilines is 1. The van der Waals surface area contributed by atoms with E-state index < -0.39 is 14.9 Å². The molecule has 0 bridgehead atoms. The van der Waals surface area contributed by atoms with Crippen LogP contribution in [-0.2, 0) is 21.2 Å². The maximum atomic E-state index is 12.8. The molecule has 2 N–H and O–H groups in total. The van der Waals surface area contributed by atoms with Gasteiger partial charge in [0.25, 0.3) is 5.69 Å². The van der Waals surface area contributed by atoms with Crippen molar-refractivity contribution in [3.05, 3.63) is 63.8 Å². The highest BCUT2D eigenvalue weighted by atomic mass is 32.2. The summed E-state index contributed by atoms with van der Waals surface area (Å²) in [6.07, 6.45) is 4.28. The first kappa shape index (κ1) is 21.9. The molecule has 1 fully saturated rings.